The lowest BCUT2D eigenvalue weighted by atomic mass is 10.1. The Morgan fingerprint density at radius 3 is 2.43 bits per heavy atom. The first-order chi connectivity index (χ1) is 14.5. The van der Waals surface area contributed by atoms with E-state index >= 15 is 0 Å². The molecule has 0 aliphatic carbocycles. The van der Waals surface area contributed by atoms with Gasteiger partial charge in [-0.1, -0.05) is 38.1 Å². The van der Waals surface area contributed by atoms with Gasteiger partial charge in [0.15, 0.2) is 0 Å². The molecule has 1 N–H and O–H groups in total. The van der Waals surface area contributed by atoms with E-state index in [1.54, 1.807) is 0 Å². The number of amides is 1. The van der Waals surface area contributed by atoms with Crippen molar-refractivity contribution in [1.82, 2.24) is 10.2 Å². The summed E-state index contributed by atoms with van der Waals surface area (Å²) in [4.78, 5) is 14.9. The van der Waals surface area contributed by atoms with Crippen molar-refractivity contribution in [3.8, 4) is 5.75 Å². The first-order valence-corrected chi connectivity index (χ1v) is 11.3. The molecule has 2 aromatic carbocycles. The number of carbonyl (C=O) groups is 1. The molecular formula is C26H36N2O2. The Labute approximate surface area is 181 Å². The van der Waals surface area contributed by atoms with Crippen LogP contribution in [0.1, 0.15) is 61.5 Å². The van der Waals surface area contributed by atoms with Crippen LogP contribution >= 0.6 is 0 Å². The number of hydrogen-bond donors (Lipinski definition) is 1. The Morgan fingerprint density at radius 2 is 1.80 bits per heavy atom. The van der Waals surface area contributed by atoms with E-state index in [0.717, 1.165) is 25.1 Å². The molecule has 1 heterocycles. The second-order valence-corrected chi connectivity index (χ2v) is 8.84. The maximum absolute atomic E-state index is 12.4. The maximum atomic E-state index is 12.4. The zero-order valence-electron chi connectivity index (χ0n) is 18.7. The van der Waals surface area contributed by atoms with Gasteiger partial charge in [-0.3, -0.25) is 9.69 Å². The number of hydrogen-bond acceptors (Lipinski definition) is 3. The normalized spacial score (nSPS) is 16.7. The van der Waals surface area contributed by atoms with Gasteiger partial charge >= 0.3 is 0 Å². The molecule has 1 aliphatic rings. The van der Waals surface area contributed by atoms with Gasteiger partial charge in [0.25, 0.3) is 5.91 Å². The number of ether oxygens (including phenoxy) is 1. The van der Waals surface area contributed by atoms with Crippen molar-refractivity contribution in [2.45, 2.75) is 59.0 Å². The molecule has 0 bridgehead atoms. The van der Waals surface area contributed by atoms with Crippen LogP contribution in [0.5, 0.6) is 5.75 Å². The van der Waals surface area contributed by atoms with E-state index in [9.17, 15) is 4.79 Å². The van der Waals surface area contributed by atoms with Crippen LogP contribution in [0.25, 0.3) is 0 Å². The Morgan fingerprint density at radius 1 is 1.10 bits per heavy atom. The molecule has 3 rings (SSSR count). The molecule has 4 nitrogen and oxygen atoms in total. The summed E-state index contributed by atoms with van der Waals surface area (Å²) < 4.78 is 5.71. The molecule has 0 aromatic heterocycles. The molecule has 1 saturated heterocycles. The second kappa shape index (κ2) is 11.2. The molecule has 1 fully saturated rings. The Hall–Kier alpha value is -2.33. The minimum Gasteiger partial charge on any atom is -0.494 e. The SMILES string of the molecule is CC(C)CCOc1ccc(C(=O)NCCc2ccc(CN3CCCC3C)cc2)cc1. The van der Waals surface area contributed by atoms with Crippen molar-refractivity contribution >= 4 is 5.91 Å². The van der Waals surface area contributed by atoms with E-state index in [2.05, 4.69) is 55.3 Å². The topological polar surface area (TPSA) is 41.6 Å². The van der Waals surface area contributed by atoms with Gasteiger partial charge in [0.05, 0.1) is 6.61 Å². The Balaban J connectivity index is 1.39. The summed E-state index contributed by atoms with van der Waals surface area (Å²) in [6.45, 7) is 10.3. The fourth-order valence-electron chi connectivity index (χ4n) is 3.81. The van der Waals surface area contributed by atoms with E-state index in [-0.39, 0.29) is 5.91 Å². The number of rotatable bonds is 10. The third-order valence-electron chi connectivity index (χ3n) is 5.88. The molecule has 0 spiro atoms. The molecular weight excluding hydrogens is 372 g/mol. The summed E-state index contributed by atoms with van der Waals surface area (Å²) in [5.74, 6) is 1.40. The van der Waals surface area contributed by atoms with E-state index < -0.39 is 0 Å². The molecule has 1 atom stereocenters. The number of benzene rings is 2. The zero-order valence-corrected chi connectivity index (χ0v) is 18.7. The van der Waals surface area contributed by atoms with Crippen LogP contribution in [0, 0.1) is 5.92 Å². The van der Waals surface area contributed by atoms with Crippen molar-refractivity contribution in [3.63, 3.8) is 0 Å². The number of nitrogens with one attached hydrogen (secondary N) is 1. The van der Waals surface area contributed by atoms with Crippen molar-refractivity contribution < 1.29 is 9.53 Å². The third-order valence-corrected chi connectivity index (χ3v) is 5.88. The average Bonchev–Trinajstić information content (AvgIpc) is 3.14. The first-order valence-electron chi connectivity index (χ1n) is 11.3. The van der Waals surface area contributed by atoms with Crippen LogP contribution in [0.4, 0.5) is 0 Å². The van der Waals surface area contributed by atoms with E-state index in [1.807, 2.05) is 24.3 Å². The van der Waals surface area contributed by atoms with Crippen LogP contribution in [0.2, 0.25) is 0 Å². The average molecular weight is 409 g/mol. The number of nitrogens with zero attached hydrogens (tertiary/aromatic N) is 1. The molecule has 4 heteroatoms. The predicted molar refractivity (Wildman–Crippen MR) is 123 cm³/mol. The van der Waals surface area contributed by atoms with E-state index in [4.69, 9.17) is 4.74 Å². The molecule has 1 unspecified atom stereocenters. The Kier molecular flexibility index (Phi) is 8.32. The lowest BCUT2D eigenvalue weighted by molar-refractivity contribution is 0.0954. The van der Waals surface area contributed by atoms with Crippen molar-refractivity contribution in [1.29, 1.82) is 0 Å². The lowest BCUT2D eigenvalue weighted by Gasteiger charge is -2.21. The highest BCUT2D eigenvalue weighted by Gasteiger charge is 2.19. The maximum Gasteiger partial charge on any atom is 0.251 e. The minimum atomic E-state index is -0.0385. The van der Waals surface area contributed by atoms with Gasteiger partial charge in [-0.05, 0) is 80.5 Å². The van der Waals surface area contributed by atoms with Gasteiger partial charge in [0, 0.05) is 24.7 Å². The summed E-state index contributed by atoms with van der Waals surface area (Å²) in [6.07, 6.45) is 4.49. The smallest absolute Gasteiger partial charge is 0.251 e. The molecule has 30 heavy (non-hydrogen) atoms. The van der Waals surface area contributed by atoms with Crippen molar-refractivity contribution in [3.05, 3.63) is 65.2 Å². The Bertz CT molecular complexity index is 784. The van der Waals surface area contributed by atoms with Crippen LogP contribution < -0.4 is 10.1 Å². The number of carbonyl (C=O) groups excluding carboxylic acids is 1. The molecule has 1 aliphatic heterocycles. The van der Waals surface area contributed by atoms with Crippen LogP contribution in [-0.4, -0.2) is 36.5 Å². The number of likely N-dealkylation sites (tertiary alicyclic amines) is 1. The molecule has 1 amide bonds. The summed E-state index contributed by atoms with van der Waals surface area (Å²) in [6, 6.07) is 16.9. The summed E-state index contributed by atoms with van der Waals surface area (Å²) in [7, 11) is 0. The van der Waals surface area contributed by atoms with Gasteiger partial charge < -0.3 is 10.1 Å². The third kappa shape index (κ3) is 6.88. The molecule has 162 valence electrons. The van der Waals surface area contributed by atoms with Crippen LogP contribution in [0.3, 0.4) is 0 Å². The van der Waals surface area contributed by atoms with Crippen molar-refractivity contribution in [2.24, 2.45) is 5.92 Å². The van der Waals surface area contributed by atoms with Crippen molar-refractivity contribution in [2.75, 3.05) is 19.7 Å². The molecule has 2 aromatic rings. The van der Waals surface area contributed by atoms with Gasteiger partial charge in [0.2, 0.25) is 0 Å². The highest BCUT2D eigenvalue weighted by atomic mass is 16.5. The fraction of sp³-hybridized carbons (Fsp3) is 0.500. The highest BCUT2D eigenvalue weighted by molar-refractivity contribution is 5.94. The summed E-state index contributed by atoms with van der Waals surface area (Å²) in [5.41, 5.74) is 3.29. The van der Waals surface area contributed by atoms with Gasteiger partial charge in [-0.15, -0.1) is 0 Å². The predicted octanol–water partition coefficient (Wildman–Crippen LogP) is 5.07. The largest absolute Gasteiger partial charge is 0.494 e. The quantitative estimate of drug-likeness (QED) is 0.597. The minimum absolute atomic E-state index is 0.0385. The zero-order chi connectivity index (χ0) is 21.3. The standard InChI is InChI=1S/C26H36N2O2/c1-20(2)15-18-30-25-12-10-24(11-13-25)26(29)27-16-14-22-6-8-23(9-7-22)19-28-17-4-5-21(28)3/h6-13,20-21H,4-5,14-19H2,1-3H3,(H,27,29). The fourth-order valence-corrected chi connectivity index (χ4v) is 3.81. The molecule has 0 radical (unpaired) electrons. The summed E-state index contributed by atoms with van der Waals surface area (Å²) >= 11 is 0. The van der Waals surface area contributed by atoms with Gasteiger partial charge in [-0.2, -0.15) is 0 Å². The highest BCUT2D eigenvalue weighted by Crippen LogP contribution is 2.19. The van der Waals surface area contributed by atoms with Crippen LogP contribution in [-0.2, 0) is 13.0 Å². The van der Waals surface area contributed by atoms with E-state index in [1.165, 1.54) is 30.5 Å². The second-order valence-electron chi connectivity index (χ2n) is 8.84. The monoisotopic (exact) mass is 408 g/mol. The van der Waals surface area contributed by atoms with Gasteiger partial charge in [-0.25, -0.2) is 0 Å². The summed E-state index contributed by atoms with van der Waals surface area (Å²) in [5, 5.41) is 3.02. The van der Waals surface area contributed by atoms with Gasteiger partial charge in [0.1, 0.15) is 5.75 Å². The lowest BCUT2D eigenvalue weighted by Crippen LogP contribution is -2.26. The van der Waals surface area contributed by atoms with Crippen LogP contribution in [0.15, 0.2) is 48.5 Å². The van der Waals surface area contributed by atoms with E-state index in [0.29, 0.717) is 30.7 Å². The first kappa shape index (κ1) is 22.4. The molecule has 0 saturated carbocycles.